The van der Waals surface area contributed by atoms with Crippen molar-refractivity contribution in [1.29, 1.82) is 0 Å². The first kappa shape index (κ1) is 16.3. The minimum absolute atomic E-state index is 0.391. The van der Waals surface area contributed by atoms with E-state index in [1.807, 2.05) is 6.26 Å². The maximum absolute atomic E-state index is 10.2. The van der Waals surface area contributed by atoms with Gasteiger partial charge in [0.15, 0.2) is 11.4 Å². The van der Waals surface area contributed by atoms with Gasteiger partial charge >= 0.3 is 0 Å². The number of aliphatic hydroxyl groups is 3. The van der Waals surface area contributed by atoms with E-state index < -0.39 is 31.1 Å². The Labute approximate surface area is 140 Å². The molecule has 1 aliphatic heterocycles. The van der Waals surface area contributed by atoms with E-state index in [4.69, 9.17) is 27.9 Å². The molecule has 0 saturated carbocycles. The summed E-state index contributed by atoms with van der Waals surface area (Å²) in [6.45, 7) is -0.391. The Morgan fingerprint density at radius 1 is 1.32 bits per heavy atom. The lowest BCUT2D eigenvalue weighted by atomic mass is 10.1. The van der Waals surface area contributed by atoms with Gasteiger partial charge in [0.1, 0.15) is 23.8 Å². The molecule has 3 rings (SSSR count). The third-order valence-electron chi connectivity index (χ3n) is 3.64. The number of halogens is 2. The van der Waals surface area contributed by atoms with E-state index in [2.05, 4.69) is 4.98 Å². The van der Waals surface area contributed by atoms with Crippen molar-refractivity contribution < 1.29 is 20.1 Å². The van der Waals surface area contributed by atoms with Crippen LogP contribution >= 0.6 is 35.0 Å². The van der Waals surface area contributed by atoms with E-state index in [-0.39, 0.29) is 0 Å². The van der Waals surface area contributed by atoms with Crippen LogP contribution in [-0.2, 0) is 4.74 Å². The lowest BCUT2D eigenvalue weighted by Crippen LogP contribution is -2.33. The van der Waals surface area contributed by atoms with Crippen molar-refractivity contribution in [3.8, 4) is 0 Å². The van der Waals surface area contributed by atoms with Crippen LogP contribution in [-0.4, -0.2) is 56.0 Å². The van der Waals surface area contributed by atoms with Crippen LogP contribution in [0.4, 0.5) is 0 Å². The molecule has 0 amide bonds. The fourth-order valence-corrected chi connectivity index (χ4v) is 3.69. The van der Waals surface area contributed by atoms with Gasteiger partial charge in [-0.15, -0.1) is 0 Å². The fraction of sp³-hybridized carbons (Fsp3) is 0.462. The van der Waals surface area contributed by atoms with Crippen molar-refractivity contribution in [1.82, 2.24) is 9.55 Å². The summed E-state index contributed by atoms with van der Waals surface area (Å²) in [7, 11) is 0. The predicted octanol–water partition coefficient (Wildman–Crippen LogP) is 1.68. The molecule has 1 aromatic heterocycles. The maximum Gasteiger partial charge on any atom is 0.171 e. The first-order valence-electron chi connectivity index (χ1n) is 6.51. The Hall–Kier alpha value is -0.540. The highest BCUT2D eigenvalue weighted by atomic mass is 35.5. The lowest BCUT2D eigenvalue weighted by Gasteiger charge is -2.19. The fourth-order valence-electron chi connectivity index (χ4n) is 2.58. The number of benzene rings is 1. The summed E-state index contributed by atoms with van der Waals surface area (Å²) >= 11 is 13.6. The molecule has 6 nitrogen and oxygen atoms in total. The van der Waals surface area contributed by atoms with Crippen molar-refractivity contribution in [3.63, 3.8) is 0 Å². The molecule has 3 N–H and O–H groups in total. The van der Waals surface area contributed by atoms with Crippen molar-refractivity contribution in [2.75, 3.05) is 12.9 Å². The molecular weight excluding hydrogens is 351 g/mol. The molecule has 22 heavy (non-hydrogen) atoms. The number of rotatable bonds is 3. The summed E-state index contributed by atoms with van der Waals surface area (Å²) in [5, 5.41) is 30.8. The maximum atomic E-state index is 10.2. The molecule has 9 heteroatoms. The molecule has 1 aliphatic rings. The second-order valence-electron chi connectivity index (χ2n) is 4.95. The van der Waals surface area contributed by atoms with Gasteiger partial charge in [0, 0.05) is 5.02 Å². The standard InChI is InChI=1S/C13H14Cl2N2O4S/c1-22-13-16-9-6(15)2-5(14)3-7(9)17(13)12-11(20)10(19)8(4-18)21-12/h2-3,8,10-12,18-20H,4H2,1H3/t8-,10-,11-,12-/m1/s1. The van der Waals surface area contributed by atoms with Gasteiger partial charge in [0.2, 0.25) is 0 Å². The second-order valence-corrected chi connectivity index (χ2v) is 6.57. The smallest absolute Gasteiger partial charge is 0.171 e. The zero-order valence-electron chi connectivity index (χ0n) is 11.5. The van der Waals surface area contributed by atoms with Gasteiger partial charge in [0.05, 0.1) is 17.1 Å². The normalized spacial score (nSPS) is 28.6. The highest BCUT2D eigenvalue weighted by molar-refractivity contribution is 7.98. The molecule has 1 aromatic carbocycles. The number of hydrogen-bond donors (Lipinski definition) is 3. The van der Waals surface area contributed by atoms with Gasteiger partial charge in [-0.05, 0) is 18.4 Å². The second kappa shape index (κ2) is 6.16. The van der Waals surface area contributed by atoms with Gasteiger partial charge in [-0.3, -0.25) is 4.57 Å². The molecular formula is C13H14Cl2N2O4S. The van der Waals surface area contributed by atoms with Gasteiger partial charge < -0.3 is 20.1 Å². The Kier molecular flexibility index (Phi) is 4.57. The number of imidazole rings is 1. The minimum atomic E-state index is -1.20. The zero-order chi connectivity index (χ0) is 16.0. The highest BCUT2D eigenvalue weighted by Crippen LogP contribution is 2.38. The third-order valence-corrected chi connectivity index (χ3v) is 4.79. The Morgan fingerprint density at radius 3 is 2.64 bits per heavy atom. The first-order valence-corrected chi connectivity index (χ1v) is 8.49. The average molecular weight is 365 g/mol. The zero-order valence-corrected chi connectivity index (χ0v) is 13.8. The van der Waals surface area contributed by atoms with E-state index in [0.29, 0.717) is 26.2 Å². The van der Waals surface area contributed by atoms with Crippen molar-refractivity contribution >= 4 is 46.0 Å². The van der Waals surface area contributed by atoms with Gasteiger partial charge in [0.25, 0.3) is 0 Å². The molecule has 0 spiro atoms. The molecule has 0 aliphatic carbocycles. The van der Waals surface area contributed by atoms with Crippen molar-refractivity contribution in [2.24, 2.45) is 0 Å². The number of nitrogens with zero attached hydrogens (tertiary/aromatic N) is 2. The van der Waals surface area contributed by atoms with Crippen LogP contribution in [0.5, 0.6) is 0 Å². The predicted molar refractivity (Wildman–Crippen MR) is 84.5 cm³/mol. The topological polar surface area (TPSA) is 87.7 Å². The molecule has 0 unspecified atom stereocenters. The van der Waals surface area contributed by atoms with Crippen LogP contribution in [0.15, 0.2) is 17.3 Å². The molecule has 0 radical (unpaired) electrons. The van der Waals surface area contributed by atoms with Gasteiger partial charge in [-0.25, -0.2) is 4.98 Å². The molecule has 2 aromatic rings. The number of hydrogen-bond acceptors (Lipinski definition) is 6. The van der Waals surface area contributed by atoms with Crippen LogP contribution in [0.2, 0.25) is 10.0 Å². The Morgan fingerprint density at radius 2 is 2.05 bits per heavy atom. The Bertz CT molecular complexity index is 711. The van der Waals surface area contributed by atoms with Crippen LogP contribution < -0.4 is 0 Å². The van der Waals surface area contributed by atoms with Crippen LogP contribution in [0, 0.1) is 0 Å². The summed E-state index contributed by atoms with van der Waals surface area (Å²) in [5.74, 6) is 0. The third kappa shape index (κ3) is 2.50. The molecule has 120 valence electrons. The monoisotopic (exact) mass is 364 g/mol. The number of fused-ring (bicyclic) bond motifs is 1. The summed E-state index contributed by atoms with van der Waals surface area (Å²) in [5.41, 5.74) is 1.13. The van der Waals surface area contributed by atoms with Crippen LogP contribution in [0.1, 0.15) is 6.23 Å². The van der Waals surface area contributed by atoms with Crippen molar-refractivity contribution in [2.45, 2.75) is 29.7 Å². The van der Waals surface area contributed by atoms with E-state index in [0.717, 1.165) is 0 Å². The lowest BCUT2D eigenvalue weighted by molar-refractivity contribution is -0.0545. The van der Waals surface area contributed by atoms with E-state index in [1.165, 1.54) is 11.8 Å². The van der Waals surface area contributed by atoms with Crippen LogP contribution in [0.3, 0.4) is 0 Å². The molecule has 0 bridgehead atoms. The summed E-state index contributed by atoms with van der Waals surface area (Å²) in [6, 6.07) is 3.26. The Balaban J connectivity index is 2.18. The van der Waals surface area contributed by atoms with Gasteiger partial charge in [-0.1, -0.05) is 35.0 Å². The summed E-state index contributed by atoms with van der Waals surface area (Å²) in [6.07, 6.45) is -2.29. The first-order chi connectivity index (χ1) is 10.5. The summed E-state index contributed by atoms with van der Waals surface area (Å²) < 4.78 is 7.22. The molecule has 4 atom stereocenters. The number of thioether (sulfide) groups is 1. The molecule has 1 saturated heterocycles. The van der Waals surface area contributed by atoms with Crippen LogP contribution in [0.25, 0.3) is 11.0 Å². The summed E-state index contributed by atoms with van der Waals surface area (Å²) in [4.78, 5) is 4.43. The minimum Gasteiger partial charge on any atom is -0.394 e. The highest BCUT2D eigenvalue weighted by Gasteiger charge is 2.44. The van der Waals surface area contributed by atoms with E-state index in [1.54, 1.807) is 16.7 Å². The largest absolute Gasteiger partial charge is 0.394 e. The van der Waals surface area contributed by atoms with Crippen molar-refractivity contribution in [3.05, 3.63) is 22.2 Å². The van der Waals surface area contributed by atoms with E-state index in [9.17, 15) is 15.3 Å². The quantitative estimate of drug-likeness (QED) is 0.718. The number of ether oxygens (including phenoxy) is 1. The SMILES string of the molecule is CSc1nc2c(Cl)cc(Cl)cc2n1[C@@H]1O[C@H](CO)[C@@H](O)[C@H]1O. The number of aliphatic hydroxyl groups excluding tert-OH is 3. The molecule has 1 fully saturated rings. The number of aromatic nitrogens is 2. The van der Waals surface area contributed by atoms with E-state index >= 15 is 0 Å². The van der Waals surface area contributed by atoms with Gasteiger partial charge in [-0.2, -0.15) is 0 Å². The average Bonchev–Trinajstić information content (AvgIpc) is 2.98. The molecule has 2 heterocycles.